The number of halogens is 2. The highest BCUT2D eigenvalue weighted by molar-refractivity contribution is 6.42. The summed E-state index contributed by atoms with van der Waals surface area (Å²) >= 11 is 12.5. The van der Waals surface area contributed by atoms with Gasteiger partial charge in [0.2, 0.25) is 0 Å². The first-order valence-electron chi connectivity index (χ1n) is 10.6. The molecular weight excluding hydrogens is 439 g/mol. The molecule has 0 bridgehead atoms. The number of ether oxygens (including phenoxy) is 2. The predicted octanol–water partition coefficient (Wildman–Crippen LogP) is 6.39. The van der Waals surface area contributed by atoms with Crippen molar-refractivity contribution >= 4 is 40.1 Å². The molecule has 1 unspecified atom stereocenters. The smallest absolute Gasteiger partial charge is 0.408 e. The number of nitrogens with one attached hydrogen (secondary N) is 1. The minimum absolute atomic E-state index is 0.238. The van der Waals surface area contributed by atoms with E-state index in [1.165, 1.54) is 4.57 Å². The van der Waals surface area contributed by atoms with Crippen molar-refractivity contribution in [2.45, 2.75) is 71.9 Å². The zero-order valence-electron chi connectivity index (χ0n) is 19.1. The first kappa shape index (κ1) is 25.3. The molecule has 0 saturated heterocycles. The van der Waals surface area contributed by atoms with Gasteiger partial charge >= 0.3 is 6.09 Å². The van der Waals surface area contributed by atoms with Crippen LogP contribution in [0.1, 0.15) is 72.0 Å². The van der Waals surface area contributed by atoms with Crippen LogP contribution < -0.4 is 15.6 Å². The third-order valence-electron chi connectivity index (χ3n) is 4.78. The molecule has 1 aromatic carbocycles. The van der Waals surface area contributed by atoms with Crippen molar-refractivity contribution in [1.82, 2.24) is 9.88 Å². The third-order valence-corrected chi connectivity index (χ3v) is 5.50. The largest absolute Gasteiger partial charge is 0.491 e. The number of benzene rings is 1. The molecule has 2 aromatic rings. The number of rotatable bonds is 8. The minimum atomic E-state index is -0.638. The zero-order valence-corrected chi connectivity index (χ0v) is 20.6. The van der Waals surface area contributed by atoms with Gasteiger partial charge in [0.1, 0.15) is 11.4 Å². The number of hydrogen-bond acceptors (Lipinski definition) is 4. The Labute approximate surface area is 193 Å². The van der Waals surface area contributed by atoms with E-state index in [4.69, 9.17) is 32.7 Å². The number of amides is 1. The van der Waals surface area contributed by atoms with E-state index in [1.807, 2.05) is 6.92 Å². The van der Waals surface area contributed by atoms with E-state index >= 15 is 0 Å². The van der Waals surface area contributed by atoms with Crippen molar-refractivity contribution in [2.24, 2.45) is 7.05 Å². The molecule has 2 rings (SSSR count). The van der Waals surface area contributed by atoms with Gasteiger partial charge in [-0.3, -0.25) is 4.79 Å². The second kappa shape index (κ2) is 10.6. The number of carbonyl (C=O) groups excluding carboxylic acids is 1. The van der Waals surface area contributed by atoms with Gasteiger partial charge in [0.25, 0.3) is 5.56 Å². The Morgan fingerprint density at radius 1 is 1.13 bits per heavy atom. The molecule has 1 aromatic heterocycles. The van der Waals surface area contributed by atoms with Crippen LogP contribution in [0.5, 0.6) is 5.75 Å². The summed E-state index contributed by atoms with van der Waals surface area (Å²) in [6, 6.07) is 2.74. The number of nitrogens with zero attached hydrogens (tertiary/aromatic N) is 1. The van der Waals surface area contributed by atoms with E-state index in [9.17, 15) is 9.59 Å². The zero-order chi connectivity index (χ0) is 23.3. The SMILES string of the molecule is CCCCOc1c(C(CCC)NC(=O)OC(C)(C)C)n(C)c(=O)c2cc(Cl)c(Cl)cc12. The molecule has 0 aliphatic rings. The van der Waals surface area contributed by atoms with E-state index in [-0.39, 0.29) is 5.56 Å². The second-order valence-electron chi connectivity index (χ2n) is 8.58. The molecule has 0 saturated carbocycles. The highest BCUT2D eigenvalue weighted by Crippen LogP contribution is 2.37. The summed E-state index contributed by atoms with van der Waals surface area (Å²) in [5.41, 5.74) is -0.292. The maximum absolute atomic E-state index is 13.2. The van der Waals surface area contributed by atoms with E-state index in [0.29, 0.717) is 45.3 Å². The lowest BCUT2D eigenvalue weighted by atomic mass is 10.0. The molecule has 31 heavy (non-hydrogen) atoms. The Hall–Kier alpha value is -1.92. The maximum atomic E-state index is 13.2. The van der Waals surface area contributed by atoms with Crippen LogP contribution in [-0.2, 0) is 11.8 Å². The van der Waals surface area contributed by atoms with Crippen molar-refractivity contribution in [3.8, 4) is 5.75 Å². The average Bonchev–Trinajstić information content (AvgIpc) is 2.66. The van der Waals surface area contributed by atoms with Gasteiger partial charge in [0.15, 0.2) is 0 Å². The Morgan fingerprint density at radius 2 is 1.74 bits per heavy atom. The molecule has 0 aliphatic heterocycles. The van der Waals surface area contributed by atoms with E-state index < -0.39 is 17.7 Å². The van der Waals surface area contributed by atoms with Gasteiger partial charge in [-0.2, -0.15) is 0 Å². The Bertz CT molecular complexity index is 996. The van der Waals surface area contributed by atoms with Crippen LogP contribution in [0.25, 0.3) is 10.8 Å². The monoisotopic (exact) mass is 470 g/mol. The fraction of sp³-hybridized carbons (Fsp3) is 0.565. The quantitative estimate of drug-likeness (QED) is 0.453. The fourth-order valence-electron chi connectivity index (χ4n) is 3.37. The van der Waals surface area contributed by atoms with Gasteiger partial charge in [-0.15, -0.1) is 0 Å². The number of hydrogen-bond donors (Lipinski definition) is 1. The van der Waals surface area contributed by atoms with Crippen molar-refractivity contribution in [3.05, 3.63) is 38.2 Å². The molecule has 0 spiro atoms. The standard InChI is InChI=1S/C23H32Cl2N2O4/c1-7-9-11-30-20-14-12-16(24)17(25)13-15(14)21(28)27(6)19(20)18(10-8-2)26-22(29)31-23(3,4)5/h12-13,18H,7-11H2,1-6H3,(H,26,29). The van der Waals surface area contributed by atoms with Gasteiger partial charge in [-0.1, -0.05) is 49.9 Å². The normalized spacial score (nSPS) is 12.6. The summed E-state index contributed by atoms with van der Waals surface area (Å²) in [5, 5.41) is 4.55. The first-order valence-corrected chi connectivity index (χ1v) is 11.4. The van der Waals surface area contributed by atoms with Gasteiger partial charge in [-0.25, -0.2) is 4.79 Å². The molecule has 0 aliphatic carbocycles. The summed E-state index contributed by atoms with van der Waals surface area (Å²) < 4.78 is 13.1. The van der Waals surface area contributed by atoms with Gasteiger partial charge in [0.05, 0.1) is 33.8 Å². The maximum Gasteiger partial charge on any atom is 0.408 e. The molecule has 1 amide bonds. The lowest BCUT2D eigenvalue weighted by Gasteiger charge is -2.27. The van der Waals surface area contributed by atoms with E-state index in [1.54, 1.807) is 40.0 Å². The van der Waals surface area contributed by atoms with Crippen LogP contribution in [0.15, 0.2) is 16.9 Å². The lowest BCUT2D eigenvalue weighted by molar-refractivity contribution is 0.0498. The molecule has 6 nitrogen and oxygen atoms in total. The van der Waals surface area contributed by atoms with Gasteiger partial charge < -0.3 is 19.4 Å². The molecule has 0 radical (unpaired) electrons. The summed E-state index contributed by atoms with van der Waals surface area (Å²) in [7, 11) is 1.67. The summed E-state index contributed by atoms with van der Waals surface area (Å²) in [4.78, 5) is 25.7. The van der Waals surface area contributed by atoms with Gasteiger partial charge in [0, 0.05) is 12.4 Å². The van der Waals surface area contributed by atoms with Crippen molar-refractivity contribution < 1.29 is 14.3 Å². The first-order chi connectivity index (χ1) is 14.5. The van der Waals surface area contributed by atoms with E-state index in [2.05, 4.69) is 12.2 Å². The molecule has 1 heterocycles. The average molecular weight is 471 g/mol. The number of unbranched alkanes of at least 4 members (excludes halogenated alkanes) is 1. The predicted molar refractivity (Wildman–Crippen MR) is 127 cm³/mol. The lowest BCUT2D eigenvalue weighted by Crippen LogP contribution is -2.37. The number of pyridine rings is 1. The van der Waals surface area contributed by atoms with Crippen molar-refractivity contribution in [3.63, 3.8) is 0 Å². The molecule has 1 atom stereocenters. The topological polar surface area (TPSA) is 69.6 Å². The number of alkyl carbamates (subject to hydrolysis) is 1. The second-order valence-corrected chi connectivity index (χ2v) is 9.39. The van der Waals surface area contributed by atoms with Crippen LogP contribution in [0, 0.1) is 0 Å². The molecule has 1 N–H and O–H groups in total. The summed E-state index contributed by atoms with van der Waals surface area (Å²) in [5.74, 6) is 0.527. The fourth-order valence-corrected chi connectivity index (χ4v) is 3.70. The Kier molecular flexibility index (Phi) is 8.66. The number of aromatic nitrogens is 1. The van der Waals surface area contributed by atoms with Crippen LogP contribution in [-0.4, -0.2) is 22.9 Å². The molecule has 0 fully saturated rings. The highest BCUT2D eigenvalue weighted by atomic mass is 35.5. The minimum Gasteiger partial charge on any atom is -0.491 e. The van der Waals surface area contributed by atoms with Crippen LogP contribution in [0.3, 0.4) is 0 Å². The molecular formula is C23H32Cl2N2O4. The third kappa shape index (κ3) is 6.30. The van der Waals surface area contributed by atoms with Gasteiger partial charge in [-0.05, 0) is 45.7 Å². The number of fused-ring (bicyclic) bond motifs is 1. The molecule has 8 heteroatoms. The van der Waals surface area contributed by atoms with Crippen LogP contribution >= 0.6 is 23.2 Å². The Morgan fingerprint density at radius 3 is 2.29 bits per heavy atom. The van der Waals surface area contributed by atoms with Crippen LogP contribution in [0.2, 0.25) is 10.0 Å². The molecule has 172 valence electrons. The summed E-state index contributed by atoms with van der Waals surface area (Å²) in [6.07, 6.45) is 2.64. The van der Waals surface area contributed by atoms with Crippen molar-refractivity contribution in [2.75, 3.05) is 6.61 Å². The Balaban J connectivity index is 2.69. The van der Waals surface area contributed by atoms with E-state index in [0.717, 1.165) is 19.3 Å². The summed E-state index contributed by atoms with van der Waals surface area (Å²) in [6.45, 7) is 9.97. The van der Waals surface area contributed by atoms with Crippen molar-refractivity contribution in [1.29, 1.82) is 0 Å². The van der Waals surface area contributed by atoms with Crippen LogP contribution in [0.4, 0.5) is 4.79 Å². The number of carbonyl (C=O) groups is 1. The highest BCUT2D eigenvalue weighted by Gasteiger charge is 2.27.